The van der Waals surface area contributed by atoms with Crippen LogP contribution in [0.3, 0.4) is 0 Å². The van der Waals surface area contributed by atoms with Crippen LogP contribution in [0.15, 0.2) is 35.3 Å². The van der Waals surface area contributed by atoms with Crippen molar-refractivity contribution < 1.29 is 14.7 Å². The molecule has 0 bridgehead atoms. The van der Waals surface area contributed by atoms with Crippen molar-refractivity contribution in [3.63, 3.8) is 0 Å². The Balaban J connectivity index is 2.61. The van der Waals surface area contributed by atoms with Crippen LogP contribution in [0.1, 0.15) is 5.56 Å². The maximum atomic E-state index is 10.5. The minimum Gasteiger partial charge on any atom is -0.465 e. The number of carbonyl (C=O) groups excluding carboxylic acids is 1. The zero-order valence-corrected chi connectivity index (χ0v) is 9.81. The fourth-order valence-electron chi connectivity index (χ4n) is 1.07. The monoisotopic (exact) mass is 252 g/mol. The molecular formula is C11H12N2O3S. The summed E-state index contributed by atoms with van der Waals surface area (Å²) in [4.78, 5) is 24.8. The number of carbonyl (C=O) groups is 2. The van der Waals surface area contributed by atoms with E-state index in [2.05, 4.69) is 10.3 Å². The van der Waals surface area contributed by atoms with Gasteiger partial charge in [-0.1, -0.05) is 42.1 Å². The Hall–Kier alpha value is -1.82. The molecule has 90 valence electrons. The van der Waals surface area contributed by atoms with E-state index in [1.54, 1.807) is 0 Å². The summed E-state index contributed by atoms with van der Waals surface area (Å²) < 4.78 is 0. The van der Waals surface area contributed by atoms with E-state index in [4.69, 9.17) is 5.11 Å². The summed E-state index contributed by atoms with van der Waals surface area (Å²) in [7, 11) is 0. The third kappa shape index (κ3) is 5.72. The lowest BCUT2D eigenvalue weighted by Gasteiger charge is -2.03. The number of thioether (sulfide) groups is 1. The van der Waals surface area contributed by atoms with Gasteiger partial charge >= 0.3 is 6.09 Å². The first-order chi connectivity index (χ1) is 8.22. The van der Waals surface area contributed by atoms with E-state index in [0.717, 1.165) is 17.3 Å². The van der Waals surface area contributed by atoms with Gasteiger partial charge in [0.25, 0.3) is 0 Å². The molecule has 0 saturated heterocycles. The van der Waals surface area contributed by atoms with Crippen molar-refractivity contribution >= 4 is 29.3 Å². The number of amidine groups is 1. The Morgan fingerprint density at radius 1 is 1.41 bits per heavy atom. The topological polar surface area (TPSA) is 78.8 Å². The van der Waals surface area contributed by atoms with Gasteiger partial charge in [0.1, 0.15) is 6.29 Å². The summed E-state index contributed by atoms with van der Waals surface area (Å²) in [6, 6.07) is 9.45. The van der Waals surface area contributed by atoms with Gasteiger partial charge in [-0.15, -0.1) is 0 Å². The normalized spacial score (nSPS) is 10.9. The lowest BCUT2D eigenvalue weighted by Crippen LogP contribution is -2.26. The Bertz CT molecular complexity index is 406. The van der Waals surface area contributed by atoms with Gasteiger partial charge < -0.3 is 9.90 Å². The Labute approximate surface area is 103 Å². The van der Waals surface area contributed by atoms with Gasteiger partial charge in [0.15, 0.2) is 5.17 Å². The summed E-state index contributed by atoms with van der Waals surface area (Å²) in [5, 5.41) is 11.0. The molecule has 1 amide bonds. The van der Waals surface area contributed by atoms with Gasteiger partial charge in [-0.2, -0.15) is 0 Å². The van der Waals surface area contributed by atoms with Crippen LogP contribution in [0.25, 0.3) is 0 Å². The number of hydrogen-bond acceptors (Lipinski definition) is 4. The van der Waals surface area contributed by atoms with Gasteiger partial charge in [-0.25, -0.2) is 4.79 Å². The van der Waals surface area contributed by atoms with E-state index in [9.17, 15) is 9.59 Å². The van der Waals surface area contributed by atoms with E-state index in [1.807, 2.05) is 30.3 Å². The molecule has 0 fully saturated rings. The molecule has 0 heterocycles. The van der Waals surface area contributed by atoms with Gasteiger partial charge in [-0.3, -0.25) is 10.3 Å². The van der Waals surface area contributed by atoms with Crippen molar-refractivity contribution in [2.24, 2.45) is 4.99 Å². The third-order valence-electron chi connectivity index (χ3n) is 1.75. The molecule has 2 N–H and O–H groups in total. The highest BCUT2D eigenvalue weighted by atomic mass is 32.2. The van der Waals surface area contributed by atoms with Crippen molar-refractivity contribution in [1.29, 1.82) is 0 Å². The zero-order chi connectivity index (χ0) is 12.5. The van der Waals surface area contributed by atoms with Crippen molar-refractivity contribution in [1.82, 2.24) is 5.32 Å². The average molecular weight is 252 g/mol. The molecule has 0 aliphatic rings. The molecule has 0 aromatic heterocycles. The highest BCUT2D eigenvalue weighted by Crippen LogP contribution is 2.05. The van der Waals surface area contributed by atoms with Gasteiger partial charge in [0, 0.05) is 0 Å². The van der Waals surface area contributed by atoms with E-state index in [0.29, 0.717) is 12.8 Å². The van der Waals surface area contributed by atoms with Crippen LogP contribution in [-0.4, -0.2) is 28.4 Å². The SMILES string of the molecule is O=CCSC(=NCc1ccccc1)NC(=O)O. The summed E-state index contributed by atoms with van der Waals surface area (Å²) in [5.41, 5.74) is 0.976. The standard InChI is InChI=1S/C11H12N2O3S/c14-6-7-17-10(13-11(15)16)12-8-9-4-2-1-3-5-9/h1-6H,7-8H2,(H,12,13)(H,15,16). The highest BCUT2D eigenvalue weighted by Gasteiger charge is 2.03. The Kier molecular flexibility index (Phi) is 5.81. The number of nitrogens with one attached hydrogen (secondary N) is 1. The Morgan fingerprint density at radius 2 is 2.12 bits per heavy atom. The van der Waals surface area contributed by atoms with Crippen LogP contribution in [0.4, 0.5) is 4.79 Å². The van der Waals surface area contributed by atoms with Gasteiger partial charge in [-0.05, 0) is 5.56 Å². The summed E-state index contributed by atoms with van der Waals surface area (Å²) in [5.74, 6) is 0.175. The molecule has 1 aromatic rings. The van der Waals surface area contributed by atoms with E-state index >= 15 is 0 Å². The molecule has 0 spiro atoms. The lowest BCUT2D eigenvalue weighted by molar-refractivity contribution is -0.105. The molecule has 1 rings (SSSR count). The van der Waals surface area contributed by atoms with Crippen LogP contribution in [0.5, 0.6) is 0 Å². The quantitative estimate of drug-likeness (QED) is 0.486. The minimum absolute atomic E-state index is 0.175. The first-order valence-electron chi connectivity index (χ1n) is 4.87. The third-order valence-corrected chi connectivity index (χ3v) is 2.56. The molecule has 6 heteroatoms. The first-order valence-corrected chi connectivity index (χ1v) is 5.85. The fourth-order valence-corrected chi connectivity index (χ4v) is 1.61. The number of hydrogen-bond donors (Lipinski definition) is 2. The number of aldehydes is 1. The second-order valence-corrected chi connectivity index (χ2v) is 4.02. The number of aliphatic imine (C=N–C) groups is 1. The molecule has 0 saturated carbocycles. The van der Waals surface area contributed by atoms with E-state index < -0.39 is 6.09 Å². The van der Waals surface area contributed by atoms with Crippen molar-refractivity contribution in [3.05, 3.63) is 35.9 Å². The van der Waals surface area contributed by atoms with Crippen molar-refractivity contribution in [3.8, 4) is 0 Å². The number of amides is 1. The van der Waals surface area contributed by atoms with Crippen molar-refractivity contribution in [2.45, 2.75) is 6.54 Å². The van der Waals surface area contributed by atoms with E-state index in [-0.39, 0.29) is 10.9 Å². The number of benzene rings is 1. The molecule has 17 heavy (non-hydrogen) atoms. The molecule has 0 aliphatic carbocycles. The molecule has 0 aliphatic heterocycles. The number of carboxylic acid groups (broad SMARTS) is 1. The second-order valence-electron chi connectivity index (χ2n) is 3.01. The van der Waals surface area contributed by atoms with Gasteiger partial charge in [0.05, 0.1) is 12.3 Å². The first kappa shape index (κ1) is 13.2. The van der Waals surface area contributed by atoms with Crippen LogP contribution in [-0.2, 0) is 11.3 Å². The maximum absolute atomic E-state index is 10.5. The van der Waals surface area contributed by atoms with Crippen LogP contribution in [0.2, 0.25) is 0 Å². The van der Waals surface area contributed by atoms with Crippen molar-refractivity contribution in [2.75, 3.05) is 5.75 Å². The summed E-state index contributed by atoms with van der Waals surface area (Å²) in [6.07, 6.45) is -0.484. The molecular weight excluding hydrogens is 240 g/mol. The lowest BCUT2D eigenvalue weighted by atomic mass is 10.2. The zero-order valence-electron chi connectivity index (χ0n) is 9.00. The van der Waals surface area contributed by atoms with Gasteiger partial charge in [0.2, 0.25) is 0 Å². The summed E-state index contributed by atoms with van der Waals surface area (Å²) >= 11 is 1.06. The number of rotatable bonds is 4. The van der Waals surface area contributed by atoms with Crippen LogP contribution < -0.4 is 5.32 Å². The number of nitrogens with zero attached hydrogens (tertiary/aromatic N) is 1. The fraction of sp³-hybridized carbons (Fsp3) is 0.182. The average Bonchev–Trinajstić information content (AvgIpc) is 2.33. The minimum atomic E-state index is -1.18. The Morgan fingerprint density at radius 3 is 2.71 bits per heavy atom. The van der Waals surface area contributed by atoms with Crippen LogP contribution >= 0.6 is 11.8 Å². The molecule has 0 radical (unpaired) electrons. The smallest absolute Gasteiger partial charge is 0.410 e. The highest BCUT2D eigenvalue weighted by molar-refractivity contribution is 8.14. The molecule has 5 nitrogen and oxygen atoms in total. The maximum Gasteiger partial charge on any atom is 0.410 e. The molecule has 0 unspecified atom stereocenters. The predicted octanol–water partition coefficient (Wildman–Crippen LogP) is 1.74. The van der Waals surface area contributed by atoms with E-state index in [1.165, 1.54) is 0 Å². The molecule has 1 aromatic carbocycles. The largest absolute Gasteiger partial charge is 0.465 e. The second kappa shape index (κ2) is 7.45. The summed E-state index contributed by atoms with van der Waals surface area (Å²) in [6.45, 7) is 0.377. The van der Waals surface area contributed by atoms with Crippen LogP contribution in [0, 0.1) is 0 Å². The molecule has 0 atom stereocenters. The predicted molar refractivity (Wildman–Crippen MR) is 67.3 cm³/mol.